The van der Waals surface area contributed by atoms with Gasteiger partial charge in [-0.1, -0.05) is 12.8 Å². The van der Waals surface area contributed by atoms with Crippen molar-refractivity contribution in [3.63, 3.8) is 0 Å². The summed E-state index contributed by atoms with van der Waals surface area (Å²) in [4.78, 5) is 25.1. The van der Waals surface area contributed by atoms with Gasteiger partial charge in [-0.3, -0.25) is 0 Å². The number of rotatable bonds is 4. The molecule has 2 heterocycles. The summed E-state index contributed by atoms with van der Waals surface area (Å²) in [5, 5.41) is 12.1. The summed E-state index contributed by atoms with van der Waals surface area (Å²) < 4.78 is 10.8. The van der Waals surface area contributed by atoms with Gasteiger partial charge >= 0.3 is 12.0 Å². The molecule has 2 rings (SSSR count). The van der Waals surface area contributed by atoms with Gasteiger partial charge in [-0.05, 0) is 12.8 Å². The Morgan fingerprint density at radius 3 is 2.86 bits per heavy atom. The topological polar surface area (TPSA) is 88.1 Å². The Kier molecular flexibility index (Phi) is 5.41. The molecule has 2 amide bonds. The number of carboxylic acid groups (broad SMARTS) is 1. The number of nitrogens with zero attached hydrogens (tertiary/aromatic N) is 1. The van der Waals surface area contributed by atoms with E-state index in [0.717, 1.165) is 25.7 Å². The molecule has 7 heteroatoms. The molecule has 0 aliphatic carbocycles. The summed E-state index contributed by atoms with van der Waals surface area (Å²) in [6.07, 6.45) is 3.89. The van der Waals surface area contributed by atoms with Crippen molar-refractivity contribution in [1.82, 2.24) is 10.2 Å². The van der Waals surface area contributed by atoms with Crippen molar-refractivity contribution < 1.29 is 24.2 Å². The summed E-state index contributed by atoms with van der Waals surface area (Å²) >= 11 is 0. The van der Waals surface area contributed by atoms with Crippen molar-refractivity contribution in [2.75, 3.05) is 33.4 Å². The van der Waals surface area contributed by atoms with Gasteiger partial charge in [-0.2, -0.15) is 0 Å². The lowest BCUT2D eigenvalue weighted by Gasteiger charge is -2.30. The first-order chi connectivity index (χ1) is 10.1. The minimum absolute atomic E-state index is 0.326. The number of carboxylic acids is 1. The van der Waals surface area contributed by atoms with Crippen molar-refractivity contribution in [3.05, 3.63) is 0 Å². The van der Waals surface area contributed by atoms with Crippen molar-refractivity contribution >= 4 is 12.0 Å². The van der Waals surface area contributed by atoms with Crippen LogP contribution in [0.5, 0.6) is 0 Å². The number of hydrogen-bond donors (Lipinski definition) is 2. The predicted octanol–water partition coefficient (Wildman–Crippen LogP) is 0.831. The van der Waals surface area contributed by atoms with E-state index in [0.29, 0.717) is 32.7 Å². The van der Waals surface area contributed by atoms with Gasteiger partial charge in [0.1, 0.15) is 11.6 Å². The molecule has 7 nitrogen and oxygen atoms in total. The van der Waals surface area contributed by atoms with E-state index in [-0.39, 0.29) is 6.03 Å². The van der Waals surface area contributed by atoms with E-state index in [4.69, 9.17) is 9.47 Å². The molecule has 2 aliphatic heterocycles. The molecule has 2 aliphatic rings. The number of carbonyl (C=O) groups excluding carboxylic acids is 1. The van der Waals surface area contributed by atoms with Crippen LogP contribution in [-0.2, 0) is 14.3 Å². The van der Waals surface area contributed by atoms with E-state index in [2.05, 4.69) is 5.32 Å². The third kappa shape index (κ3) is 3.85. The van der Waals surface area contributed by atoms with Crippen LogP contribution in [0.3, 0.4) is 0 Å². The lowest BCUT2D eigenvalue weighted by molar-refractivity contribution is -0.142. The number of hydrogen-bond acceptors (Lipinski definition) is 4. The second kappa shape index (κ2) is 7.09. The third-order valence-electron chi connectivity index (χ3n) is 4.36. The predicted molar refractivity (Wildman–Crippen MR) is 75.2 cm³/mol. The smallest absolute Gasteiger partial charge is 0.326 e. The van der Waals surface area contributed by atoms with E-state index < -0.39 is 17.6 Å². The number of nitrogens with one attached hydrogen (secondary N) is 1. The molecule has 0 aromatic carbocycles. The van der Waals surface area contributed by atoms with Gasteiger partial charge in [-0.25, -0.2) is 9.59 Å². The van der Waals surface area contributed by atoms with Crippen molar-refractivity contribution in [1.29, 1.82) is 0 Å². The van der Waals surface area contributed by atoms with Crippen LogP contribution in [0.15, 0.2) is 0 Å². The number of ether oxygens (including phenoxy) is 2. The quantitative estimate of drug-likeness (QED) is 0.803. The fraction of sp³-hybridized carbons (Fsp3) is 0.857. The van der Waals surface area contributed by atoms with Crippen molar-refractivity contribution in [2.45, 2.75) is 43.7 Å². The van der Waals surface area contributed by atoms with E-state index in [1.807, 2.05) is 0 Å². The lowest BCUT2D eigenvalue weighted by Crippen LogP contribution is -2.53. The van der Waals surface area contributed by atoms with Crippen molar-refractivity contribution in [2.24, 2.45) is 0 Å². The molecular formula is C14H24N2O5. The van der Waals surface area contributed by atoms with Crippen LogP contribution in [0.25, 0.3) is 0 Å². The van der Waals surface area contributed by atoms with E-state index in [1.165, 1.54) is 4.90 Å². The average molecular weight is 300 g/mol. The Bertz CT molecular complexity index is 382. The first-order valence-electron chi connectivity index (χ1n) is 7.48. The highest BCUT2D eigenvalue weighted by atomic mass is 16.5. The minimum atomic E-state index is -0.933. The largest absolute Gasteiger partial charge is 0.480 e. The number of amides is 2. The molecular weight excluding hydrogens is 276 g/mol. The molecule has 21 heavy (non-hydrogen) atoms. The van der Waals surface area contributed by atoms with Crippen LogP contribution < -0.4 is 5.32 Å². The molecule has 2 saturated heterocycles. The summed E-state index contributed by atoms with van der Waals surface area (Å²) in [5.74, 6) is -0.933. The third-order valence-corrected chi connectivity index (χ3v) is 4.36. The zero-order chi connectivity index (χ0) is 15.3. The zero-order valence-corrected chi connectivity index (χ0v) is 12.5. The molecule has 0 radical (unpaired) electrons. The molecule has 0 aromatic rings. The fourth-order valence-corrected chi connectivity index (χ4v) is 2.91. The summed E-state index contributed by atoms with van der Waals surface area (Å²) in [6.45, 7) is 1.89. The first kappa shape index (κ1) is 16.0. The maximum atomic E-state index is 12.3. The zero-order valence-electron chi connectivity index (χ0n) is 12.5. The number of carbonyl (C=O) groups is 2. The van der Waals surface area contributed by atoms with Gasteiger partial charge in [0.05, 0.1) is 13.2 Å². The molecule has 2 unspecified atom stereocenters. The highest BCUT2D eigenvalue weighted by molar-refractivity contribution is 5.82. The van der Waals surface area contributed by atoms with Crippen LogP contribution in [0.2, 0.25) is 0 Å². The van der Waals surface area contributed by atoms with Crippen LogP contribution >= 0.6 is 0 Å². The number of aliphatic carboxylic acids is 1. The van der Waals surface area contributed by atoms with Gasteiger partial charge in [0.2, 0.25) is 0 Å². The average Bonchev–Trinajstić information content (AvgIpc) is 2.80. The summed E-state index contributed by atoms with van der Waals surface area (Å²) in [6, 6.07) is -1.06. The Morgan fingerprint density at radius 1 is 1.43 bits per heavy atom. The second-order valence-corrected chi connectivity index (χ2v) is 5.75. The fourth-order valence-electron chi connectivity index (χ4n) is 2.91. The molecule has 120 valence electrons. The SMILES string of the molecule is COC1(CNC(=O)N2CCCCCC2C(=O)O)CCOC1. The standard InChI is InChI=1S/C14H24N2O5/c1-20-14(6-8-21-10-14)9-15-13(19)16-7-4-2-3-5-11(16)12(17)18/h11H,2-10H2,1H3,(H,15,19)(H,17,18). The Hall–Kier alpha value is -1.34. The molecule has 0 saturated carbocycles. The highest BCUT2D eigenvalue weighted by Crippen LogP contribution is 2.22. The molecule has 2 N–H and O–H groups in total. The van der Waals surface area contributed by atoms with E-state index >= 15 is 0 Å². The van der Waals surface area contributed by atoms with Gasteiger partial charge in [0.25, 0.3) is 0 Å². The van der Waals surface area contributed by atoms with Crippen LogP contribution in [-0.4, -0.2) is 67.1 Å². The highest BCUT2D eigenvalue weighted by Gasteiger charge is 2.37. The molecule has 2 atom stereocenters. The van der Waals surface area contributed by atoms with Crippen LogP contribution in [0.4, 0.5) is 4.79 Å². The van der Waals surface area contributed by atoms with E-state index in [1.54, 1.807) is 7.11 Å². The number of urea groups is 1. The lowest BCUT2D eigenvalue weighted by atomic mass is 10.0. The Balaban J connectivity index is 1.95. The number of likely N-dealkylation sites (tertiary alicyclic amines) is 1. The van der Waals surface area contributed by atoms with Crippen LogP contribution in [0, 0.1) is 0 Å². The summed E-state index contributed by atoms with van der Waals surface area (Å²) in [7, 11) is 1.60. The van der Waals surface area contributed by atoms with Gasteiger partial charge < -0.3 is 24.8 Å². The van der Waals surface area contributed by atoms with Crippen molar-refractivity contribution in [3.8, 4) is 0 Å². The maximum Gasteiger partial charge on any atom is 0.326 e. The van der Waals surface area contributed by atoms with Gasteiger partial charge in [0, 0.05) is 26.7 Å². The second-order valence-electron chi connectivity index (χ2n) is 5.75. The normalized spacial score (nSPS) is 30.0. The molecule has 0 spiro atoms. The maximum absolute atomic E-state index is 12.3. The molecule has 2 fully saturated rings. The number of methoxy groups -OCH3 is 1. The Morgan fingerprint density at radius 2 is 2.24 bits per heavy atom. The van der Waals surface area contributed by atoms with Gasteiger partial charge in [-0.15, -0.1) is 0 Å². The monoisotopic (exact) mass is 300 g/mol. The van der Waals surface area contributed by atoms with Gasteiger partial charge in [0.15, 0.2) is 0 Å². The Labute approximate surface area is 124 Å². The minimum Gasteiger partial charge on any atom is -0.480 e. The summed E-state index contributed by atoms with van der Waals surface area (Å²) in [5.41, 5.74) is -0.486. The van der Waals surface area contributed by atoms with Crippen LogP contribution in [0.1, 0.15) is 32.1 Å². The molecule has 0 aromatic heterocycles. The van der Waals surface area contributed by atoms with E-state index in [9.17, 15) is 14.7 Å². The molecule has 0 bridgehead atoms. The first-order valence-corrected chi connectivity index (χ1v) is 7.48.